The first kappa shape index (κ1) is 17.0. The molecule has 0 bridgehead atoms. The van der Waals surface area contributed by atoms with Gasteiger partial charge in [0, 0.05) is 5.92 Å². The maximum absolute atomic E-state index is 12.5. The van der Waals surface area contributed by atoms with E-state index in [0.29, 0.717) is 6.42 Å². The van der Waals surface area contributed by atoms with E-state index in [-0.39, 0.29) is 17.7 Å². The molecule has 4 nitrogen and oxygen atoms in total. The topological polar surface area (TPSA) is 66.4 Å². The van der Waals surface area contributed by atoms with E-state index in [9.17, 15) is 14.7 Å². The zero-order valence-corrected chi connectivity index (χ0v) is 13.2. The minimum Gasteiger partial charge on any atom is -0.481 e. The molecule has 1 rings (SSSR count). The fourth-order valence-corrected chi connectivity index (χ4v) is 3.33. The number of nitrogens with one attached hydrogen (secondary N) is 1. The highest BCUT2D eigenvalue weighted by atomic mass is 16.4. The zero-order chi connectivity index (χ0) is 15.3. The van der Waals surface area contributed by atoms with Crippen LogP contribution < -0.4 is 5.32 Å². The Balaban J connectivity index is 2.81. The summed E-state index contributed by atoms with van der Waals surface area (Å²) in [6.07, 6.45) is 5.16. The largest absolute Gasteiger partial charge is 0.481 e. The molecule has 0 spiro atoms. The van der Waals surface area contributed by atoms with E-state index in [1.54, 1.807) is 0 Å². The number of carbonyl (C=O) groups excluding carboxylic acids is 1. The Morgan fingerprint density at radius 1 is 1.35 bits per heavy atom. The molecule has 0 aromatic rings. The number of carbonyl (C=O) groups is 2. The van der Waals surface area contributed by atoms with Crippen LogP contribution in [0.1, 0.15) is 66.2 Å². The summed E-state index contributed by atoms with van der Waals surface area (Å²) in [5.74, 6) is -0.963. The molecule has 2 N–H and O–H groups in total. The molecule has 0 aromatic carbocycles. The number of hydrogen-bond donors (Lipinski definition) is 2. The summed E-state index contributed by atoms with van der Waals surface area (Å²) in [5, 5.41) is 12.5. The zero-order valence-electron chi connectivity index (χ0n) is 13.2. The van der Waals surface area contributed by atoms with Gasteiger partial charge in [0.2, 0.25) is 5.91 Å². The summed E-state index contributed by atoms with van der Waals surface area (Å²) in [6.45, 7) is 8.08. The Kier molecular flexibility index (Phi) is 6.03. The van der Waals surface area contributed by atoms with Crippen LogP contribution in [0.4, 0.5) is 0 Å². The molecule has 1 fully saturated rings. The van der Waals surface area contributed by atoms with Gasteiger partial charge in [-0.3, -0.25) is 9.59 Å². The van der Waals surface area contributed by atoms with Crippen molar-refractivity contribution >= 4 is 11.9 Å². The lowest BCUT2D eigenvalue weighted by Crippen LogP contribution is -2.57. The highest BCUT2D eigenvalue weighted by Gasteiger charge is 2.43. The lowest BCUT2D eigenvalue weighted by Gasteiger charge is -2.41. The molecular weight excluding hydrogens is 254 g/mol. The Hall–Kier alpha value is -1.06. The van der Waals surface area contributed by atoms with Gasteiger partial charge in [0.25, 0.3) is 0 Å². The molecule has 4 heteroatoms. The molecule has 0 saturated heterocycles. The van der Waals surface area contributed by atoms with Crippen molar-refractivity contribution < 1.29 is 14.7 Å². The van der Waals surface area contributed by atoms with E-state index in [4.69, 9.17) is 0 Å². The smallest absolute Gasteiger partial charge is 0.308 e. The van der Waals surface area contributed by atoms with Gasteiger partial charge >= 0.3 is 5.97 Å². The summed E-state index contributed by atoms with van der Waals surface area (Å²) >= 11 is 0. The van der Waals surface area contributed by atoms with Crippen LogP contribution in [0.15, 0.2) is 0 Å². The van der Waals surface area contributed by atoms with E-state index in [2.05, 4.69) is 26.1 Å². The maximum Gasteiger partial charge on any atom is 0.308 e. The fraction of sp³-hybridized carbons (Fsp3) is 0.875. The first-order chi connectivity index (χ1) is 9.31. The standard InChI is InChI=1S/C16H29NO3/c1-5-8-12(11(2)3)14(18)17-16(4)10-7-6-9-13(16)15(19)20/h11-13H,5-10H2,1-4H3,(H,17,18)(H,19,20). The van der Waals surface area contributed by atoms with Crippen molar-refractivity contribution in [2.24, 2.45) is 17.8 Å². The van der Waals surface area contributed by atoms with Gasteiger partial charge in [-0.25, -0.2) is 0 Å². The van der Waals surface area contributed by atoms with E-state index in [1.807, 2.05) is 6.92 Å². The number of carboxylic acids is 1. The van der Waals surface area contributed by atoms with Crippen LogP contribution in [-0.2, 0) is 9.59 Å². The Morgan fingerprint density at radius 3 is 2.50 bits per heavy atom. The van der Waals surface area contributed by atoms with Crippen molar-refractivity contribution in [1.29, 1.82) is 0 Å². The summed E-state index contributed by atoms with van der Waals surface area (Å²) < 4.78 is 0. The summed E-state index contributed by atoms with van der Waals surface area (Å²) in [4.78, 5) is 23.9. The lowest BCUT2D eigenvalue weighted by atomic mass is 9.73. The van der Waals surface area contributed by atoms with Gasteiger partial charge in [0.1, 0.15) is 0 Å². The number of carboxylic acid groups (broad SMARTS) is 1. The van der Waals surface area contributed by atoms with Crippen LogP contribution in [0.3, 0.4) is 0 Å². The Bertz CT molecular complexity index is 354. The molecule has 1 aliphatic carbocycles. The van der Waals surface area contributed by atoms with Gasteiger partial charge < -0.3 is 10.4 Å². The molecule has 0 heterocycles. The highest BCUT2D eigenvalue weighted by molar-refractivity contribution is 5.81. The predicted octanol–water partition coefficient (Wildman–Crippen LogP) is 3.21. The van der Waals surface area contributed by atoms with Gasteiger partial charge in [-0.05, 0) is 32.1 Å². The number of amides is 1. The average Bonchev–Trinajstić information content (AvgIpc) is 2.34. The minimum absolute atomic E-state index is 0.0202. The summed E-state index contributed by atoms with van der Waals surface area (Å²) in [6, 6.07) is 0. The third kappa shape index (κ3) is 3.97. The van der Waals surface area contributed by atoms with E-state index in [1.165, 1.54) is 0 Å². The normalized spacial score (nSPS) is 28.1. The maximum atomic E-state index is 12.5. The Labute approximate surface area is 122 Å². The van der Waals surface area contributed by atoms with Crippen LogP contribution in [0.5, 0.6) is 0 Å². The molecule has 116 valence electrons. The molecule has 0 aliphatic heterocycles. The second-order valence-electron chi connectivity index (χ2n) is 6.68. The number of aliphatic carboxylic acids is 1. The van der Waals surface area contributed by atoms with Crippen LogP contribution in [0, 0.1) is 17.8 Å². The number of rotatable bonds is 6. The molecular formula is C16H29NO3. The average molecular weight is 283 g/mol. The second-order valence-corrected chi connectivity index (χ2v) is 6.68. The quantitative estimate of drug-likeness (QED) is 0.786. The van der Waals surface area contributed by atoms with Gasteiger partial charge in [0.05, 0.1) is 11.5 Å². The molecule has 3 unspecified atom stereocenters. The third-order valence-corrected chi connectivity index (χ3v) is 4.66. The molecule has 1 saturated carbocycles. The van der Waals surface area contributed by atoms with Crippen molar-refractivity contribution in [3.05, 3.63) is 0 Å². The predicted molar refractivity (Wildman–Crippen MR) is 79.4 cm³/mol. The molecule has 20 heavy (non-hydrogen) atoms. The summed E-state index contributed by atoms with van der Waals surface area (Å²) in [5.41, 5.74) is -0.595. The molecule has 0 aromatic heterocycles. The SMILES string of the molecule is CCCC(C(=O)NC1(C)CCCCC1C(=O)O)C(C)C. The second kappa shape index (κ2) is 7.09. The minimum atomic E-state index is -0.788. The third-order valence-electron chi connectivity index (χ3n) is 4.66. The lowest BCUT2D eigenvalue weighted by molar-refractivity contribution is -0.147. The molecule has 0 radical (unpaired) electrons. The highest BCUT2D eigenvalue weighted by Crippen LogP contribution is 2.34. The Morgan fingerprint density at radius 2 is 2.00 bits per heavy atom. The van der Waals surface area contributed by atoms with Crippen LogP contribution in [0.25, 0.3) is 0 Å². The van der Waals surface area contributed by atoms with Crippen LogP contribution in [0.2, 0.25) is 0 Å². The van der Waals surface area contributed by atoms with Crippen LogP contribution in [-0.4, -0.2) is 22.5 Å². The fourth-order valence-electron chi connectivity index (χ4n) is 3.33. The van der Waals surface area contributed by atoms with Crippen molar-refractivity contribution in [3.63, 3.8) is 0 Å². The molecule has 1 amide bonds. The van der Waals surface area contributed by atoms with E-state index >= 15 is 0 Å². The van der Waals surface area contributed by atoms with Crippen molar-refractivity contribution in [3.8, 4) is 0 Å². The molecule has 1 aliphatic rings. The first-order valence-corrected chi connectivity index (χ1v) is 7.86. The van der Waals surface area contributed by atoms with E-state index < -0.39 is 17.4 Å². The summed E-state index contributed by atoms with van der Waals surface area (Å²) in [7, 11) is 0. The van der Waals surface area contributed by atoms with Gasteiger partial charge in [-0.1, -0.05) is 40.0 Å². The van der Waals surface area contributed by atoms with Crippen molar-refractivity contribution in [2.45, 2.75) is 71.8 Å². The van der Waals surface area contributed by atoms with Gasteiger partial charge in [-0.2, -0.15) is 0 Å². The number of hydrogen-bond acceptors (Lipinski definition) is 2. The van der Waals surface area contributed by atoms with Crippen molar-refractivity contribution in [2.75, 3.05) is 0 Å². The monoisotopic (exact) mass is 283 g/mol. The van der Waals surface area contributed by atoms with Crippen molar-refractivity contribution in [1.82, 2.24) is 5.32 Å². The van der Waals surface area contributed by atoms with E-state index in [0.717, 1.165) is 32.1 Å². The van der Waals surface area contributed by atoms with Gasteiger partial charge in [-0.15, -0.1) is 0 Å². The first-order valence-electron chi connectivity index (χ1n) is 7.86. The van der Waals surface area contributed by atoms with Gasteiger partial charge in [0.15, 0.2) is 0 Å². The molecule has 3 atom stereocenters. The van der Waals surface area contributed by atoms with Crippen LogP contribution >= 0.6 is 0 Å².